The first-order valence-corrected chi connectivity index (χ1v) is 5.86. The first kappa shape index (κ1) is 11.3. The summed E-state index contributed by atoms with van der Waals surface area (Å²) in [6.07, 6.45) is 4.80. The highest BCUT2D eigenvalue weighted by Crippen LogP contribution is 2.34. The molecule has 1 aliphatic rings. The molecule has 0 bridgehead atoms. The second-order valence-corrected chi connectivity index (χ2v) is 4.90. The largest absolute Gasteiger partial charge is 0.394 e. The van der Waals surface area contributed by atoms with Crippen LogP contribution in [-0.4, -0.2) is 27.2 Å². The summed E-state index contributed by atoms with van der Waals surface area (Å²) < 4.78 is 0. The Morgan fingerprint density at radius 2 is 2.19 bits per heavy atom. The molecule has 1 aromatic heterocycles. The summed E-state index contributed by atoms with van der Waals surface area (Å²) in [4.78, 5) is 8.43. The van der Waals surface area contributed by atoms with Crippen LogP contribution in [0.15, 0.2) is 12.4 Å². The minimum absolute atomic E-state index is 0.136. The van der Waals surface area contributed by atoms with Crippen LogP contribution < -0.4 is 5.32 Å². The maximum absolute atomic E-state index is 9.37. The van der Waals surface area contributed by atoms with Crippen LogP contribution in [0.1, 0.15) is 44.7 Å². The predicted octanol–water partition coefficient (Wildman–Crippen LogP) is 1.93. The first-order chi connectivity index (χ1) is 7.65. The van der Waals surface area contributed by atoms with Gasteiger partial charge in [0.15, 0.2) is 0 Å². The van der Waals surface area contributed by atoms with Crippen molar-refractivity contribution in [1.29, 1.82) is 0 Å². The van der Waals surface area contributed by atoms with Crippen molar-refractivity contribution < 1.29 is 5.11 Å². The third-order valence-corrected chi connectivity index (χ3v) is 3.29. The van der Waals surface area contributed by atoms with Crippen molar-refractivity contribution in [2.45, 2.75) is 44.6 Å². The minimum Gasteiger partial charge on any atom is -0.394 e. The lowest BCUT2D eigenvalue weighted by atomic mass is 9.77. The highest BCUT2D eigenvalue weighted by atomic mass is 16.3. The van der Waals surface area contributed by atoms with E-state index in [0.717, 1.165) is 24.4 Å². The van der Waals surface area contributed by atoms with Crippen molar-refractivity contribution in [3.05, 3.63) is 18.1 Å². The van der Waals surface area contributed by atoms with Gasteiger partial charge in [0.1, 0.15) is 12.1 Å². The molecule has 0 aliphatic heterocycles. The van der Waals surface area contributed by atoms with E-state index < -0.39 is 0 Å². The second-order valence-electron chi connectivity index (χ2n) is 4.90. The number of aromatic nitrogens is 2. The van der Waals surface area contributed by atoms with Crippen molar-refractivity contribution in [3.63, 3.8) is 0 Å². The fourth-order valence-electron chi connectivity index (χ4n) is 1.95. The Balaban J connectivity index is 2.12. The quantitative estimate of drug-likeness (QED) is 0.815. The van der Waals surface area contributed by atoms with Crippen molar-refractivity contribution >= 4 is 5.82 Å². The van der Waals surface area contributed by atoms with Crippen molar-refractivity contribution in [2.24, 2.45) is 0 Å². The van der Waals surface area contributed by atoms with Crippen molar-refractivity contribution in [3.8, 4) is 0 Å². The number of rotatable bonds is 4. The van der Waals surface area contributed by atoms with Crippen LogP contribution in [0.5, 0.6) is 0 Å². The van der Waals surface area contributed by atoms with Crippen LogP contribution in [0.25, 0.3) is 0 Å². The molecule has 1 aliphatic carbocycles. The number of hydrogen-bond donors (Lipinski definition) is 2. The van der Waals surface area contributed by atoms with Crippen LogP contribution >= 0.6 is 0 Å². The molecule has 16 heavy (non-hydrogen) atoms. The second kappa shape index (κ2) is 4.37. The van der Waals surface area contributed by atoms with Crippen LogP contribution in [0.2, 0.25) is 0 Å². The zero-order chi connectivity index (χ0) is 11.6. The summed E-state index contributed by atoms with van der Waals surface area (Å²) in [5.41, 5.74) is 0.896. The molecule has 0 radical (unpaired) electrons. The lowest BCUT2D eigenvalue weighted by Crippen LogP contribution is -2.48. The standard InChI is InChI=1S/C12H19N3O/c1-9(2)10-6-11(14-8-13-10)15-12(7-16)4-3-5-12/h6,8-9,16H,3-5,7H2,1-2H3,(H,13,14,15). The molecule has 0 amide bonds. The average Bonchev–Trinajstić information content (AvgIpc) is 2.24. The molecular weight excluding hydrogens is 202 g/mol. The number of aliphatic hydroxyl groups is 1. The van der Waals surface area contributed by atoms with Gasteiger partial charge in [0.2, 0.25) is 0 Å². The Morgan fingerprint density at radius 3 is 2.69 bits per heavy atom. The van der Waals surface area contributed by atoms with E-state index in [9.17, 15) is 5.11 Å². The highest BCUT2D eigenvalue weighted by molar-refractivity contribution is 5.40. The molecule has 1 saturated carbocycles. The van der Waals surface area contributed by atoms with Crippen LogP contribution in [0, 0.1) is 0 Å². The summed E-state index contributed by atoms with van der Waals surface area (Å²) in [6.45, 7) is 4.39. The van der Waals surface area contributed by atoms with Crippen LogP contribution in [0.4, 0.5) is 5.82 Å². The van der Waals surface area contributed by atoms with E-state index in [4.69, 9.17) is 0 Å². The van der Waals surface area contributed by atoms with Crippen molar-refractivity contribution in [1.82, 2.24) is 9.97 Å². The SMILES string of the molecule is CC(C)c1cc(NC2(CO)CCC2)ncn1. The van der Waals surface area contributed by atoms with E-state index in [-0.39, 0.29) is 12.1 Å². The van der Waals surface area contributed by atoms with E-state index in [1.165, 1.54) is 6.42 Å². The van der Waals surface area contributed by atoms with Gasteiger partial charge >= 0.3 is 0 Å². The third kappa shape index (κ3) is 2.16. The lowest BCUT2D eigenvalue weighted by molar-refractivity contribution is 0.144. The highest BCUT2D eigenvalue weighted by Gasteiger charge is 2.36. The minimum atomic E-state index is -0.136. The molecule has 0 saturated heterocycles. The molecular formula is C12H19N3O. The van der Waals surface area contributed by atoms with E-state index in [1.807, 2.05) is 6.07 Å². The maximum atomic E-state index is 9.37. The molecule has 4 nitrogen and oxygen atoms in total. The summed E-state index contributed by atoms with van der Waals surface area (Å²) in [7, 11) is 0. The number of aliphatic hydroxyl groups excluding tert-OH is 1. The zero-order valence-corrected chi connectivity index (χ0v) is 9.90. The summed E-state index contributed by atoms with van der Waals surface area (Å²) >= 11 is 0. The topological polar surface area (TPSA) is 58.0 Å². The first-order valence-electron chi connectivity index (χ1n) is 5.86. The molecule has 0 unspecified atom stereocenters. The molecule has 2 rings (SSSR count). The third-order valence-electron chi connectivity index (χ3n) is 3.29. The van der Waals surface area contributed by atoms with Gasteiger partial charge in [-0.3, -0.25) is 0 Å². The molecule has 1 heterocycles. The molecule has 0 atom stereocenters. The molecule has 1 aromatic rings. The summed E-state index contributed by atoms with van der Waals surface area (Å²) in [5, 5.41) is 12.7. The predicted molar refractivity (Wildman–Crippen MR) is 63.4 cm³/mol. The van der Waals surface area contributed by atoms with Gasteiger partial charge in [-0.1, -0.05) is 13.8 Å². The van der Waals surface area contributed by atoms with Gasteiger partial charge in [-0.2, -0.15) is 0 Å². The number of hydrogen-bond acceptors (Lipinski definition) is 4. The van der Waals surface area contributed by atoms with E-state index >= 15 is 0 Å². The fraction of sp³-hybridized carbons (Fsp3) is 0.667. The lowest BCUT2D eigenvalue weighted by Gasteiger charge is -2.41. The average molecular weight is 221 g/mol. The van der Waals surface area contributed by atoms with E-state index in [0.29, 0.717) is 5.92 Å². The van der Waals surface area contributed by atoms with Gasteiger partial charge in [-0.05, 0) is 25.2 Å². The fourth-order valence-corrected chi connectivity index (χ4v) is 1.95. The maximum Gasteiger partial charge on any atom is 0.130 e. The molecule has 2 N–H and O–H groups in total. The molecule has 0 spiro atoms. The zero-order valence-electron chi connectivity index (χ0n) is 9.90. The van der Waals surface area contributed by atoms with E-state index in [1.54, 1.807) is 6.33 Å². The Labute approximate surface area is 96.1 Å². The Bertz CT molecular complexity index is 356. The van der Waals surface area contributed by atoms with Crippen LogP contribution in [-0.2, 0) is 0 Å². The van der Waals surface area contributed by atoms with Crippen LogP contribution in [0.3, 0.4) is 0 Å². The van der Waals surface area contributed by atoms with Gasteiger partial charge in [-0.25, -0.2) is 9.97 Å². The van der Waals surface area contributed by atoms with Crippen molar-refractivity contribution in [2.75, 3.05) is 11.9 Å². The number of anilines is 1. The van der Waals surface area contributed by atoms with Gasteiger partial charge < -0.3 is 10.4 Å². The summed E-state index contributed by atoms with van der Waals surface area (Å²) in [5.74, 6) is 1.22. The number of nitrogens with one attached hydrogen (secondary N) is 1. The van der Waals surface area contributed by atoms with Gasteiger partial charge in [-0.15, -0.1) is 0 Å². The summed E-state index contributed by atoms with van der Waals surface area (Å²) in [6, 6.07) is 1.97. The molecule has 88 valence electrons. The molecule has 0 aromatic carbocycles. The smallest absolute Gasteiger partial charge is 0.130 e. The Hall–Kier alpha value is -1.16. The normalized spacial score (nSPS) is 18.2. The van der Waals surface area contributed by atoms with Gasteiger partial charge in [0, 0.05) is 11.8 Å². The van der Waals surface area contributed by atoms with Gasteiger partial charge in [0.25, 0.3) is 0 Å². The number of nitrogens with zero attached hydrogens (tertiary/aromatic N) is 2. The Kier molecular flexibility index (Phi) is 3.10. The Morgan fingerprint density at radius 1 is 1.44 bits per heavy atom. The van der Waals surface area contributed by atoms with E-state index in [2.05, 4.69) is 29.1 Å². The monoisotopic (exact) mass is 221 g/mol. The molecule has 4 heteroatoms. The molecule has 1 fully saturated rings. The van der Waals surface area contributed by atoms with Gasteiger partial charge in [0.05, 0.1) is 12.1 Å².